The monoisotopic (exact) mass is 359 g/mol. The lowest BCUT2D eigenvalue weighted by molar-refractivity contribution is -0.153. The highest BCUT2D eigenvalue weighted by Gasteiger charge is 2.36. The minimum Gasteiger partial charge on any atom is -0.467 e. The van der Waals surface area contributed by atoms with Crippen LogP contribution in [-0.2, 0) is 15.7 Å². The molecule has 0 spiro atoms. The second kappa shape index (κ2) is 6.47. The van der Waals surface area contributed by atoms with E-state index in [1.54, 1.807) is 4.90 Å². The van der Waals surface area contributed by atoms with Crippen molar-refractivity contribution < 1.29 is 27.8 Å². The van der Waals surface area contributed by atoms with Crippen LogP contribution in [0.1, 0.15) is 18.5 Å². The zero-order valence-corrected chi connectivity index (χ0v) is 13.3. The molecule has 0 aliphatic carbocycles. The molecule has 0 saturated carbocycles. The number of aromatic nitrogens is 4. The average Bonchev–Trinajstić information content (AvgIpc) is 3.07. The van der Waals surface area contributed by atoms with Gasteiger partial charge in [0.15, 0.2) is 11.8 Å². The van der Waals surface area contributed by atoms with Crippen LogP contribution in [0, 0.1) is 5.92 Å². The van der Waals surface area contributed by atoms with Crippen LogP contribution in [0.2, 0.25) is 0 Å². The molecular weight excluding hydrogens is 343 g/mol. The molecule has 2 aromatic heterocycles. The number of hydrogen-bond donors (Lipinski definition) is 1. The first kappa shape index (κ1) is 17.4. The summed E-state index contributed by atoms with van der Waals surface area (Å²) in [5, 5.41) is 13.8. The maximum absolute atomic E-state index is 13.0. The van der Waals surface area contributed by atoms with E-state index in [0.717, 1.165) is 12.4 Å². The van der Waals surface area contributed by atoms with E-state index in [9.17, 15) is 23.1 Å². The van der Waals surface area contributed by atoms with Crippen molar-refractivity contribution in [2.75, 3.05) is 25.1 Å². The summed E-state index contributed by atoms with van der Waals surface area (Å²) < 4.78 is 44.9. The van der Waals surface area contributed by atoms with Crippen LogP contribution in [0.4, 0.5) is 19.0 Å². The molecule has 0 bridgehead atoms. The van der Waals surface area contributed by atoms with Crippen molar-refractivity contribution in [3.05, 3.63) is 18.1 Å². The van der Waals surface area contributed by atoms with E-state index < -0.39 is 23.9 Å². The fourth-order valence-corrected chi connectivity index (χ4v) is 2.92. The predicted octanol–water partition coefficient (Wildman–Crippen LogP) is 0.893. The summed E-state index contributed by atoms with van der Waals surface area (Å²) in [6.07, 6.45) is -3.84. The molecule has 3 heterocycles. The maximum Gasteiger partial charge on any atom is 0.433 e. The number of hydrogen-bond acceptors (Lipinski definition) is 7. The summed E-state index contributed by atoms with van der Waals surface area (Å²) >= 11 is 0. The lowest BCUT2D eigenvalue weighted by atomic mass is 9.91. The number of aliphatic hydroxyl groups excluding tert-OH is 1. The number of halogens is 3. The zero-order valence-electron chi connectivity index (χ0n) is 13.3. The van der Waals surface area contributed by atoms with E-state index >= 15 is 0 Å². The van der Waals surface area contributed by atoms with Gasteiger partial charge in [0.05, 0.1) is 7.11 Å². The molecule has 1 aliphatic heterocycles. The summed E-state index contributed by atoms with van der Waals surface area (Å²) in [6.45, 7) is 0.712. The van der Waals surface area contributed by atoms with Gasteiger partial charge >= 0.3 is 12.1 Å². The van der Waals surface area contributed by atoms with Crippen molar-refractivity contribution in [3.8, 4) is 0 Å². The van der Waals surface area contributed by atoms with Gasteiger partial charge in [0.2, 0.25) is 0 Å². The van der Waals surface area contributed by atoms with Gasteiger partial charge < -0.3 is 14.7 Å². The molecule has 25 heavy (non-hydrogen) atoms. The van der Waals surface area contributed by atoms with Crippen LogP contribution >= 0.6 is 0 Å². The Hall–Kier alpha value is -2.43. The largest absolute Gasteiger partial charge is 0.467 e. The predicted molar refractivity (Wildman–Crippen MR) is 78.7 cm³/mol. The Bertz CT molecular complexity index is 771. The van der Waals surface area contributed by atoms with Crippen molar-refractivity contribution in [2.45, 2.75) is 25.1 Å². The summed E-state index contributed by atoms with van der Waals surface area (Å²) in [6, 6.07) is 0.929. The van der Waals surface area contributed by atoms with Crippen LogP contribution in [0.25, 0.3) is 5.78 Å². The van der Waals surface area contributed by atoms with Gasteiger partial charge in [0.1, 0.15) is 12.1 Å². The third-order valence-electron chi connectivity index (χ3n) is 4.28. The Morgan fingerprint density at radius 3 is 2.68 bits per heavy atom. The third-order valence-corrected chi connectivity index (χ3v) is 4.28. The molecule has 136 valence electrons. The van der Waals surface area contributed by atoms with Gasteiger partial charge in [0.25, 0.3) is 5.78 Å². The van der Waals surface area contributed by atoms with Gasteiger partial charge in [-0.3, -0.25) is 0 Å². The number of nitrogens with zero attached hydrogens (tertiary/aromatic N) is 5. The molecule has 8 nitrogen and oxygen atoms in total. The number of ether oxygens (including phenoxy) is 1. The van der Waals surface area contributed by atoms with E-state index in [0.29, 0.717) is 25.9 Å². The van der Waals surface area contributed by atoms with Gasteiger partial charge in [-0.05, 0) is 18.8 Å². The van der Waals surface area contributed by atoms with Gasteiger partial charge in [-0.25, -0.2) is 9.78 Å². The van der Waals surface area contributed by atoms with Gasteiger partial charge in [0, 0.05) is 19.2 Å². The highest BCUT2D eigenvalue weighted by molar-refractivity contribution is 5.74. The highest BCUT2D eigenvalue weighted by Crippen LogP contribution is 2.32. The molecule has 1 fully saturated rings. The first-order valence-electron chi connectivity index (χ1n) is 7.60. The van der Waals surface area contributed by atoms with E-state index in [4.69, 9.17) is 0 Å². The second-order valence-corrected chi connectivity index (χ2v) is 5.76. The van der Waals surface area contributed by atoms with Crippen LogP contribution < -0.4 is 4.90 Å². The van der Waals surface area contributed by atoms with Gasteiger partial charge in [-0.1, -0.05) is 0 Å². The molecule has 0 aromatic carbocycles. The number of piperidine rings is 1. The minimum atomic E-state index is -4.60. The molecule has 1 aliphatic rings. The summed E-state index contributed by atoms with van der Waals surface area (Å²) in [7, 11) is 1.19. The number of rotatable bonds is 3. The molecule has 1 unspecified atom stereocenters. The van der Waals surface area contributed by atoms with E-state index in [1.165, 1.54) is 11.6 Å². The average molecular weight is 359 g/mol. The fraction of sp³-hybridized carbons (Fsp3) is 0.571. The Kier molecular flexibility index (Phi) is 4.50. The zero-order chi connectivity index (χ0) is 18.2. The Morgan fingerprint density at radius 1 is 1.40 bits per heavy atom. The van der Waals surface area contributed by atoms with Crippen molar-refractivity contribution >= 4 is 17.6 Å². The molecule has 2 aromatic rings. The van der Waals surface area contributed by atoms with Crippen molar-refractivity contribution in [3.63, 3.8) is 0 Å². The summed E-state index contributed by atoms with van der Waals surface area (Å²) in [5.74, 6) is -0.929. The number of fused-ring (bicyclic) bond motifs is 1. The number of carbonyl (C=O) groups excluding carboxylic acids is 1. The SMILES string of the molecule is COC(=O)C(O)C1CCN(c2cc(C(F)(F)F)nc3ncnn23)CC1. The van der Waals surface area contributed by atoms with Crippen molar-refractivity contribution in [1.82, 2.24) is 19.6 Å². The van der Waals surface area contributed by atoms with Crippen molar-refractivity contribution in [2.24, 2.45) is 5.92 Å². The molecule has 1 atom stereocenters. The maximum atomic E-state index is 13.0. The quantitative estimate of drug-likeness (QED) is 0.814. The Balaban J connectivity index is 1.84. The van der Waals surface area contributed by atoms with E-state index in [2.05, 4.69) is 19.8 Å². The molecule has 0 radical (unpaired) electrons. The standard InChI is InChI=1S/C14H16F3N5O3/c1-25-12(24)11(23)8-2-4-21(5-3-8)10-6-9(14(15,16)17)20-13-18-7-19-22(10)13/h6-8,11,23H,2-5H2,1H3. The first-order chi connectivity index (χ1) is 11.8. The number of anilines is 1. The van der Waals surface area contributed by atoms with Crippen LogP contribution in [0.3, 0.4) is 0 Å². The molecule has 0 amide bonds. The molecule has 1 saturated heterocycles. The summed E-state index contributed by atoms with van der Waals surface area (Å²) in [4.78, 5) is 20.3. The van der Waals surface area contributed by atoms with Gasteiger partial charge in [-0.2, -0.15) is 27.8 Å². The van der Waals surface area contributed by atoms with Crippen LogP contribution in [0.5, 0.6) is 0 Å². The fourth-order valence-electron chi connectivity index (χ4n) is 2.92. The Labute approximate surface area is 140 Å². The molecule has 3 rings (SSSR count). The Morgan fingerprint density at radius 2 is 2.08 bits per heavy atom. The van der Waals surface area contributed by atoms with Crippen LogP contribution in [0.15, 0.2) is 12.4 Å². The molecule has 11 heteroatoms. The number of methoxy groups -OCH3 is 1. The second-order valence-electron chi connectivity index (χ2n) is 5.76. The third kappa shape index (κ3) is 3.36. The topological polar surface area (TPSA) is 92.9 Å². The number of aliphatic hydroxyl groups is 1. The smallest absolute Gasteiger partial charge is 0.433 e. The molecular formula is C14H16F3N5O3. The normalized spacial score (nSPS) is 17.7. The van der Waals surface area contributed by atoms with E-state index in [-0.39, 0.29) is 17.5 Å². The first-order valence-corrected chi connectivity index (χ1v) is 7.60. The number of alkyl halides is 3. The number of esters is 1. The molecule has 1 N–H and O–H groups in total. The highest BCUT2D eigenvalue weighted by atomic mass is 19.4. The minimum absolute atomic E-state index is 0.137. The number of carbonyl (C=O) groups is 1. The van der Waals surface area contributed by atoms with Gasteiger partial charge in [-0.15, -0.1) is 0 Å². The lowest BCUT2D eigenvalue weighted by Gasteiger charge is -2.34. The lowest BCUT2D eigenvalue weighted by Crippen LogP contribution is -2.41. The van der Waals surface area contributed by atoms with Crippen LogP contribution in [-0.4, -0.2) is 57.0 Å². The summed E-state index contributed by atoms with van der Waals surface area (Å²) in [5.41, 5.74) is -1.04. The van der Waals surface area contributed by atoms with E-state index in [1.807, 2.05) is 0 Å². The van der Waals surface area contributed by atoms with Crippen molar-refractivity contribution in [1.29, 1.82) is 0 Å².